The molecule has 1 N–H and O–H groups in total. The highest BCUT2D eigenvalue weighted by atomic mass is 32.2. The molecule has 1 aromatic carbocycles. The van der Waals surface area contributed by atoms with Crippen LogP contribution < -0.4 is 4.72 Å². The molecule has 4 aliphatic rings. The molecule has 0 heterocycles. The number of alkyl halides is 3. The Kier molecular flexibility index (Phi) is 11.1. The molecule has 1 aromatic rings. The van der Waals surface area contributed by atoms with Crippen molar-refractivity contribution < 1.29 is 35.9 Å². The van der Waals surface area contributed by atoms with Crippen molar-refractivity contribution in [3.8, 4) is 0 Å². The zero-order valence-corrected chi connectivity index (χ0v) is 31.3. The Morgan fingerprint density at radius 2 is 1.67 bits per heavy atom. The van der Waals surface area contributed by atoms with Gasteiger partial charge < -0.3 is 9.47 Å². The second-order valence-corrected chi connectivity index (χ2v) is 18.3. The molecular formula is C39H58F3NO5S. The summed E-state index contributed by atoms with van der Waals surface area (Å²) in [6.45, 7) is 14.6. The summed E-state index contributed by atoms with van der Waals surface area (Å²) >= 11 is 0. The maximum absolute atomic E-state index is 15.0. The van der Waals surface area contributed by atoms with Gasteiger partial charge in [0.15, 0.2) is 0 Å². The van der Waals surface area contributed by atoms with Crippen LogP contribution in [0.15, 0.2) is 40.8 Å². The average molecular weight is 710 g/mol. The van der Waals surface area contributed by atoms with E-state index in [0.29, 0.717) is 35.5 Å². The topological polar surface area (TPSA) is 81.7 Å². The van der Waals surface area contributed by atoms with Crippen LogP contribution in [0.2, 0.25) is 0 Å². The maximum atomic E-state index is 15.0. The van der Waals surface area contributed by atoms with Crippen molar-refractivity contribution in [1.29, 1.82) is 0 Å². The van der Waals surface area contributed by atoms with Crippen molar-refractivity contribution >= 4 is 16.0 Å². The van der Waals surface area contributed by atoms with Crippen LogP contribution in [-0.2, 0) is 24.3 Å². The minimum absolute atomic E-state index is 0.169. The Morgan fingerprint density at radius 1 is 0.980 bits per heavy atom. The van der Waals surface area contributed by atoms with Crippen LogP contribution >= 0.6 is 0 Å². The third-order valence-electron chi connectivity index (χ3n) is 13.2. The Bertz CT molecular complexity index is 1480. The number of benzene rings is 1. The summed E-state index contributed by atoms with van der Waals surface area (Å²) in [5.74, 6) is 2.05. The number of aryl methyl sites for hydroxylation is 1. The number of nitrogens with one attached hydrogen (secondary N) is 1. The van der Waals surface area contributed by atoms with Crippen LogP contribution in [0.4, 0.5) is 13.2 Å². The maximum Gasteiger partial charge on any atom is 0.443 e. The summed E-state index contributed by atoms with van der Waals surface area (Å²) in [6, 6.07) is 5.36. The molecule has 276 valence electrons. The van der Waals surface area contributed by atoms with E-state index in [4.69, 9.17) is 9.47 Å². The number of carbonyl (C=O) groups excluding carboxylic acids is 1. The first-order valence-corrected chi connectivity index (χ1v) is 20.1. The highest BCUT2D eigenvalue weighted by molar-refractivity contribution is 7.89. The standard InChI is InChI=1S/C39H58F3NO5S/c1-8-47-35(44)38(39(40,41)42,43-49(45,46)30-15-12-26(4)13-16-30)48-29-20-22-36(6)28(24-29)14-17-31-33-19-18-32(27(5)11-9-10-25(2)3)37(33,7)23-21-34(31)36/h12-13,15-16,24-25,27,29,31-34,43H,8-11,14,17-23H2,1-7H3/t27-,29+,31+,32-,33+,34+,36+,37-,38+/m1/s1. The molecule has 0 unspecified atom stereocenters. The van der Waals surface area contributed by atoms with Crippen molar-refractivity contribution in [2.45, 2.75) is 142 Å². The van der Waals surface area contributed by atoms with Crippen LogP contribution in [0.5, 0.6) is 0 Å². The molecule has 6 nitrogen and oxygen atoms in total. The van der Waals surface area contributed by atoms with Crippen molar-refractivity contribution in [1.82, 2.24) is 4.72 Å². The monoisotopic (exact) mass is 709 g/mol. The third-order valence-corrected chi connectivity index (χ3v) is 14.6. The molecule has 0 amide bonds. The summed E-state index contributed by atoms with van der Waals surface area (Å²) in [5, 5.41) is 0. The van der Waals surface area contributed by atoms with Crippen molar-refractivity contribution in [2.75, 3.05) is 6.61 Å². The smallest absolute Gasteiger partial charge is 0.443 e. The first-order valence-electron chi connectivity index (χ1n) is 18.6. The average Bonchev–Trinajstić information content (AvgIpc) is 3.37. The van der Waals surface area contributed by atoms with Gasteiger partial charge in [-0.15, -0.1) is 0 Å². The minimum atomic E-state index is -5.44. The van der Waals surface area contributed by atoms with Crippen molar-refractivity contribution in [3.05, 3.63) is 41.5 Å². The molecule has 0 bridgehead atoms. The molecule has 0 radical (unpaired) electrons. The van der Waals surface area contributed by atoms with Gasteiger partial charge in [-0.2, -0.15) is 17.9 Å². The molecule has 3 fully saturated rings. The minimum Gasteiger partial charge on any atom is -0.463 e. The van der Waals surface area contributed by atoms with E-state index in [-0.39, 0.29) is 18.4 Å². The first kappa shape index (κ1) is 38.3. The SMILES string of the molecule is CCOC(=O)[C@](NS(=O)(=O)c1ccc(C)cc1)(O[C@@H]1C=C2CC[C@H]3[C@@H]4CC[C@H]([C@H](C)CCCC(C)C)[C@@]4(C)CC[C@@H]3[C@@]2(C)CC1)C(F)(F)F. The molecule has 10 heteroatoms. The van der Waals surface area contributed by atoms with Crippen molar-refractivity contribution in [3.63, 3.8) is 0 Å². The number of hydrogen-bond donors (Lipinski definition) is 1. The molecule has 5 rings (SSSR count). The van der Waals surface area contributed by atoms with E-state index < -0.39 is 38.9 Å². The van der Waals surface area contributed by atoms with E-state index in [1.807, 2.05) is 0 Å². The van der Waals surface area contributed by atoms with Gasteiger partial charge >= 0.3 is 17.9 Å². The number of hydrogen-bond acceptors (Lipinski definition) is 5. The summed E-state index contributed by atoms with van der Waals surface area (Å²) in [4.78, 5) is 12.8. The summed E-state index contributed by atoms with van der Waals surface area (Å²) in [5.41, 5.74) is -1.94. The van der Waals surface area contributed by atoms with Gasteiger partial charge in [-0.1, -0.05) is 83.2 Å². The highest BCUT2D eigenvalue weighted by Crippen LogP contribution is 2.68. The third kappa shape index (κ3) is 7.26. The highest BCUT2D eigenvalue weighted by Gasteiger charge is 2.67. The fraction of sp³-hybridized carbons (Fsp3) is 0.769. The predicted octanol–water partition coefficient (Wildman–Crippen LogP) is 9.52. The molecule has 0 saturated heterocycles. The van der Waals surface area contributed by atoms with E-state index >= 15 is 13.2 Å². The van der Waals surface area contributed by atoms with Crippen LogP contribution in [0.1, 0.15) is 118 Å². The first-order chi connectivity index (χ1) is 22.9. The summed E-state index contributed by atoms with van der Waals surface area (Å²) in [7, 11) is -4.83. The van der Waals surface area contributed by atoms with E-state index in [9.17, 15) is 13.2 Å². The summed E-state index contributed by atoms with van der Waals surface area (Å²) < 4.78 is 83.9. The van der Waals surface area contributed by atoms with Gasteiger partial charge in [0.1, 0.15) is 0 Å². The Balaban J connectivity index is 1.38. The number of sulfonamides is 1. The lowest BCUT2D eigenvalue weighted by Crippen LogP contribution is -2.67. The zero-order chi connectivity index (χ0) is 36.0. The second-order valence-electron chi connectivity index (χ2n) is 16.6. The molecule has 4 aliphatic carbocycles. The zero-order valence-electron chi connectivity index (χ0n) is 30.5. The van der Waals surface area contributed by atoms with Gasteiger partial charge in [0, 0.05) is 0 Å². The lowest BCUT2D eigenvalue weighted by molar-refractivity contribution is -0.290. The lowest BCUT2D eigenvalue weighted by Gasteiger charge is -2.59. The van der Waals surface area contributed by atoms with Gasteiger partial charge in [-0.3, -0.25) is 0 Å². The van der Waals surface area contributed by atoms with E-state index in [1.54, 1.807) is 17.7 Å². The van der Waals surface area contributed by atoms with E-state index in [1.165, 1.54) is 69.7 Å². The number of carbonyl (C=O) groups is 1. The Labute approximate surface area is 292 Å². The number of allylic oxidation sites excluding steroid dienone is 1. The number of ether oxygens (including phenoxy) is 2. The molecular weight excluding hydrogens is 651 g/mol. The fourth-order valence-electron chi connectivity index (χ4n) is 10.6. The van der Waals surface area contributed by atoms with Gasteiger partial charge in [-0.05, 0) is 124 Å². The Morgan fingerprint density at radius 3 is 2.31 bits per heavy atom. The van der Waals surface area contributed by atoms with E-state index in [2.05, 4.69) is 34.6 Å². The fourth-order valence-corrected chi connectivity index (χ4v) is 11.8. The quantitative estimate of drug-likeness (QED) is 0.133. The van der Waals surface area contributed by atoms with Crippen LogP contribution in [0.25, 0.3) is 0 Å². The summed E-state index contributed by atoms with van der Waals surface area (Å²) in [6.07, 6.45) is 6.52. The van der Waals surface area contributed by atoms with E-state index in [0.717, 1.165) is 42.2 Å². The van der Waals surface area contributed by atoms with Gasteiger partial charge in [-0.25, -0.2) is 13.2 Å². The molecule has 9 atom stereocenters. The number of esters is 1. The van der Waals surface area contributed by atoms with Crippen LogP contribution in [0.3, 0.4) is 0 Å². The van der Waals surface area contributed by atoms with Crippen LogP contribution in [-0.4, -0.2) is 39.0 Å². The van der Waals surface area contributed by atoms with Gasteiger partial charge in [0.25, 0.3) is 0 Å². The molecule has 0 aliphatic heterocycles. The van der Waals surface area contributed by atoms with Crippen molar-refractivity contribution in [2.24, 2.45) is 46.3 Å². The normalized spacial score (nSPS) is 33.5. The molecule has 49 heavy (non-hydrogen) atoms. The largest absolute Gasteiger partial charge is 0.463 e. The molecule has 0 spiro atoms. The molecule has 3 saturated carbocycles. The second kappa shape index (κ2) is 14.3. The van der Waals surface area contributed by atoms with Gasteiger partial charge in [0.05, 0.1) is 17.6 Å². The number of fused-ring (bicyclic) bond motifs is 5. The number of rotatable bonds is 12. The molecule has 0 aromatic heterocycles. The predicted molar refractivity (Wildman–Crippen MR) is 185 cm³/mol. The Hall–Kier alpha value is -1.91. The van der Waals surface area contributed by atoms with Gasteiger partial charge in [0.2, 0.25) is 10.0 Å². The lowest BCUT2D eigenvalue weighted by atomic mass is 9.46. The van der Waals surface area contributed by atoms with Crippen LogP contribution in [0, 0.1) is 53.3 Å². The number of halogens is 3.